The summed E-state index contributed by atoms with van der Waals surface area (Å²) in [6.45, 7) is 1.78. The van der Waals surface area contributed by atoms with E-state index in [0.29, 0.717) is 6.42 Å². The fourth-order valence-corrected chi connectivity index (χ4v) is 2.70. The lowest BCUT2D eigenvalue weighted by Crippen LogP contribution is -2.16. The lowest BCUT2D eigenvalue weighted by Gasteiger charge is -2.17. The summed E-state index contributed by atoms with van der Waals surface area (Å²) in [6.07, 6.45) is -4.37. The summed E-state index contributed by atoms with van der Waals surface area (Å²) in [7, 11) is 0. The third-order valence-electron chi connectivity index (χ3n) is 3.86. The molecule has 0 saturated heterocycles. The predicted molar refractivity (Wildman–Crippen MR) is 91.8 cm³/mol. The normalized spacial score (nSPS) is 12.4. The fourth-order valence-electron chi connectivity index (χ4n) is 2.70. The highest BCUT2D eigenvalue weighted by molar-refractivity contribution is 5.67. The van der Waals surface area contributed by atoms with Crippen molar-refractivity contribution in [1.82, 2.24) is 15.4 Å². The van der Waals surface area contributed by atoms with Crippen LogP contribution in [0.4, 0.5) is 13.2 Å². The van der Waals surface area contributed by atoms with Crippen LogP contribution in [0.2, 0.25) is 0 Å². The molecule has 0 bridgehead atoms. The second-order valence-corrected chi connectivity index (χ2v) is 5.99. The van der Waals surface area contributed by atoms with E-state index in [1.165, 1.54) is 6.07 Å². The minimum absolute atomic E-state index is 0.0455. The van der Waals surface area contributed by atoms with Gasteiger partial charge in [0.25, 0.3) is 0 Å². The van der Waals surface area contributed by atoms with Gasteiger partial charge in [-0.1, -0.05) is 30.3 Å². The van der Waals surface area contributed by atoms with Crippen LogP contribution < -0.4 is 4.74 Å². The predicted octanol–water partition coefficient (Wildman–Crippen LogP) is 4.37. The number of aromatic amines is 1. The van der Waals surface area contributed by atoms with E-state index in [1.54, 1.807) is 13.0 Å². The number of aromatic nitrogens is 3. The number of halogens is 3. The number of nitriles is 1. The second-order valence-electron chi connectivity index (χ2n) is 5.99. The Kier molecular flexibility index (Phi) is 5.12. The standard InChI is InChI=1S/C19H15F3N4O/c1-12(7-13-5-3-2-4-6-13)27-16-9-14(8-15(10-16)19(20,21)22)18-17(11-23)24-26-25-18/h2-6,8-10,12H,7H2,1H3,(H,24,25,26). The van der Waals surface area contributed by atoms with E-state index in [4.69, 9.17) is 10.00 Å². The van der Waals surface area contributed by atoms with Gasteiger partial charge in [-0.2, -0.15) is 28.7 Å². The monoisotopic (exact) mass is 372 g/mol. The summed E-state index contributed by atoms with van der Waals surface area (Å²) >= 11 is 0. The van der Waals surface area contributed by atoms with Crippen molar-refractivity contribution in [3.05, 3.63) is 65.4 Å². The average molecular weight is 372 g/mol. The van der Waals surface area contributed by atoms with Gasteiger partial charge in [0.2, 0.25) is 0 Å². The van der Waals surface area contributed by atoms with E-state index in [9.17, 15) is 13.2 Å². The molecule has 0 aliphatic heterocycles. The van der Waals surface area contributed by atoms with Crippen LogP contribution in [0.5, 0.6) is 5.75 Å². The van der Waals surface area contributed by atoms with Gasteiger partial charge in [-0.3, -0.25) is 0 Å². The highest BCUT2D eigenvalue weighted by Crippen LogP contribution is 2.36. The molecule has 5 nitrogen and oxygen atoms in total. The highest BCUT2D eigenvalue weighted by Gasteiger charge is 2.32. The molecular weight excluding hydrogens is 357 g/mol. The number of rotatable bonds is 5. The van der Waals surface area contributed by atoms with Crippen LogP contribution in [-0.4, -0.2) is 21.5 Å². The molecule has 0 fully saturated rings. The van der Waals surface area contributed by atoms with Crippen molar-refractivity contribution in [1.29, 1.82) is 5.26 Å². The molecule has 0 saturated carbocycles. The molecule has 3 aromatic rings. The fraction of sp³-hybridized carbons (Fsp3) is 0.211. The molecule has 3 rings (SSSR count). The Morgan fingerprint density at radius 1 is 1.15 bits per heavy atom. The minimum Gasteiger partial charge on any atom is -0.490 e. The molecule has 0 amide bonds. The average Bonchev–Trinajstić information content (AvgIpc) is 3.10. The largest absolute Gasteiger partial charge is 0.490 e. The van der Waals surface area contributed by atoms with Crippen molar-refractivity contribution in [2.75, 3.05) is 0 Å². The molecular formula is C19H15F3N4O. The lowest BCUT2D eigenvalue weighted by atomic mass is 10.1. The molecule has 0 aliphatic carbocycles. The van der Waals surface area contributed by atoms with Gasteiger partial charge in [-0.05, 0) is 30.7 Å². The number of H-pyrrole nitrogens is 1. The van der Waals surface area contributed by atoms with E-state index >= 15 is 0 Å². The zero-order chi connectivity index (χ0) is 19.4. The van der Waals surface area contributed by atoms with Crippen LogP contribution in [0.3, 0.4) is 0 Å². The molecule has 1 atom stereocenters. The van der Waals surface area contributed by atoms with Crippen molar-refractivity contribution >= 4 is 0 Å². The second kappa shape index (κ2) is 7.50. The van der Waals surface area contributed by atoms with E-state index in [2.05, 4.69) is 15.4 Å². The number of hydrogen-bond donors (Lipinski definition) is 1. The lowest BCUT2D eigenvalue weighted by molar-refractivity contribution is -0.137. The summed E-state index contributed by atoms with van der Waals surface area (Å²) in [5.41, 5.74) is 0.202. The zero-order valence-electron chi connectivity index (χ0n) is 14.3. The van der Waals surface area contributed by atoms with Crippen LogP contribution in [-0.2, 0) is 12.6 Å². The van der Waals surface area contributed by atoms with E-state index in [0.717, 1.165) is 17.7 Å². The van der Waals surface area contributed by atoms with E-state index < -0.39 is 11.7 Å². The Morgan fingerprint density at radius 2 is 1.89 bits per heavy atom. The van der Waals surface area contributed by atoms with Gasteiger partial charge < -0.3 is 4.74 Å². The smallest absolute Gasteiger partial charge is 0.416 e. The van der Waals surface area contributed by atoms with Crippen molar-refractivity contribution < 1.29 is 17.9 Å². The van der Waals surface area contributed by atoms with E-state index in [-0.39, 0.29) is 28.8 Å². The molecule has 0 spiro atoms. The number of hydrogen-bond acceptors (Lipinski definition) is 4. The quantitative estimate of drug-likeness (QED) is 0.722. The Hall–Kier alpha value is -3.34. The Bertz CT molecular complexity index is 961. The molecule has 0 aliphatic rings. The highest BCUT2D eigenvalue weighted by atomic mass is 19.4. The number of nitrogens with one attached hydrogen (secondary N) is 1. The van der Waals surface area contributed by atoms with Crippen LogP contribution >= 0.6 is 0 Å². The van der Waals surface area contributed by atoms with Crippen molar-refractivity contribution in [2.24, 2.45) is 0 Å². The molecule has 27 heavy (non-hydrogen) atoms. The number of ether oxygens (including phenoxy) is 1. The maximum Gasteiger partial charge on any atom is 0.416 e. The first-order valence-corrected chi connectivity index (χ1v) is 8.11. The molecule has 138 valence electrons. The summed E-state index contributed by atoms with van der Waals surface area (Å²) < 4.78 is 45.6. The molecule has 1 unspecified atom stereocenters. The first-order chi connectivity index (χ1) is 12.9. The van der Waals surface area contributed by atoms with Gasteiger partial charge in [0.05, 0.1) is 11.7 Å². The molecule has 1 N–H and O–H groups in total. The van der Waals surface area contributed by atoms with Gasteiger partial charge in [0, 0.05) is 12.0 Å². The number of alkyl halides is 3. The summed E-state index contributed by atoms with van der Waals surface area (Å²) in [5.74, 6) is 0.0511. The van der Waals surface area contributed by atoms with Crippen LogP contribution in [0, 0.1) is 11.3 Å². The number of nitrogens with zero attached hydrogens (tertiary/aromatic N) is 3. The maximum atomic E-state index is 13.3. The molecule has 1 heterocycles. The van der Waals surface area contributed by atoms with Crippen molar-refractivity contribution in [3.8, 4) is 23.1 Å². The van der Waals surface area contributed by atoms with Gasteiger partial charge in [-0.15, -0.1) is 5.10 Å². The zero-order valence-corrected chi connectivity index (χ0v) is 14.3. The van der Waals surface area contributed by atoms with Gasteiger partial charge >= 0.3 is 6.18 Å². The van der Waals surface area contributed by atoms with E-state index in [1.807, 2.05) is 30.3 Å². The van der Waals surface area contributed by atoms with Gasteiger partial charge in [0.1, 0.15) is 17.5 Å². The summed E-state index contributed by atoms with van der Waals surface area (Å²) in [4.78, 5) is 0. The van der Waals surface area contributed by atoms with Crippen molar-refractivity contribution in [3.63, 3.8) is 0 Å². The third kappa shape index (κ3) is 4.44. The van der Waals surface area contributed by atoms with Crippen LogP contribution in [0.25, 0.3) is 11.3 Å². The SMILES string of the molecule is CC(Cc1ccccc1)Oc1cc(-c2n[nH]nc2C#N)cc(C(F)(F)F)c1. The Balaban J connectivity index is 1.92. The molecule has 2 aromatic carbocycles. The van der Waals surface area contributed by atoms with Gasteiger partial charge in [0.15, 0.2) is 5.69 Å². The first kappa shape index (κ1) is 18.5. The minimum atomic E-state index is -4.56. The first-order valence-electron chi connectivity index (χ1n) is 8.11. The third-order valence-corrected chi connectivity index (χ3v) is 3.86. The van der Waals surface area contributed by atoms with Crippen LogP contribution in [0.15, 0.2) is 48.5 Å². The van der Waals surface area contributed by atoms with Crippen LogP contribution in [0.1, 0.15) is 23.7 Å². The Labute approximate surface area is 153 Å². The number of benzene rings is 2. The van der Waals surface area contributed by atoms with Gasteiger partial charge in [-0.25, -0.2) is 0 Å². The Morgan fingerprint density at radius 3 is 2.56 bits per heavy atom. The topological polar surface area (TPSA) is 74.6 Å². The summed E-state index contributed by atoms with van der Waals surface area (Å²) in [5, 5.41) is 18.7. The molecule has 8 heteroatoms. The molecule has 0 radical (unpaired) electrons. The maximum absolute atomic E-state index is 13.3. The molecule has 1 aromatic heterocycles. The summed E-state index contributed by atoms with van der Waals surface area (Å²) in [6, 6.07) is 14.6. The van der Waals surface area contributed by atoms with Crippen molar-refractivity contribution in [2.45, 2.75) is 25.6 Å².